The summed E-state index contributed by atoms with van der Waals surface area (Å²) in [5, 5.41) is 0. The molecule has 0 aliphatic carbocycles. The SMILES string of the molecule is C=CCCCCOC(=O)c1ccc(Br)cc1. The average molecular weight is 283 g/mol. The van der Waals surface area contributed by atoms with E-state index in [0.717, 1.165) is 23.7 Å². The highest BCUT2D eigenvalue weighted by molar-refractivity contribution is 9.10. The van der Waals surface area contributed by atoms with Gasteiger partial charge in [-0.1, -0.05) is 22.0 Å². The van der Waals surface area contributed by atoms with Gasteiger partial charge in [0, 0.05) is 4.47 Å². The molecular weight excluding hydrogens is 268 g/mol. The highest BCUT2D eigenvalue weighted by Crippen LogP contribution is 2.11. The van der Waals surface area contributed by atoms with E-state index >= 15 is 0 Å². The molecule has 2 nitrogen and oxygen atoms in total. The quantitative estimate of drug-likeness (QED) is 0.448. The Morgan fingerprint density at radius 2 is 2.00 bits per heavy atom. The molecule has 0 saturated heterocycles. The molecule has 0 amide bonds. The van der Waals surface area contributed by atoms with Gasteiger partial charge in [0.2, 0.25) is 0 Å². The van der Waals surface area contributed by atoms with Crippen molar-refractivity contribution in [1.82, 2.24) is 0 Å². The summed E-state index contributed by atoms with van der Waals surface area (Å²) >= 11 is 3.31. The van der Waals surface area contributed by atoms with Crippen LogP contribution in [0.5, 0.6) is 0 Å². The number of ether oxygens (including phenoxy) is 1. The maximum absolute atomic E-state index is 11.5. The normalized spacial score (nSPS) is 9.81. The van der Waals surface area contributed by atoms with Gasteiger partial charge in [0.15, 0.2) is 0 Å². The van der Waals surface area contributed by atoms with Crippen LogP contribution in [0, 0.1) is 0 Å². The molecule has 86 valence electrons. The van der Waals surface area contributed by atoms with Crippen molar-refractivity contribution < 1.29 is 9.53 Å². The molecule has 0 bridgehead atoms. The fourth-order valence-electron chi connectivity index (χ4n) is 1.22. The molecule has 16 heavy (non-hydrogen) atoms. The van der Waals surface area contributed by atoms with E-state index in [1.165, 1.54) is 0 Å². The number of allylic oxidation sites excluding steroid dienone is 1. The van der Waals surface area contributed by atoms with E-state index in [9.17, 15) is 4.79 Å². The number of unbranched alkanes of at least 4 members (excludes halogenated alkanes) is 2. The molecule has 0 saturated carbocycles. The van der Waals surface area contributed by atoms with Gasteiger partial charge in [0.25, 0.3) is 0 Å². The van der Waals surface area contributed by atoms with E-state index in [-0.39, 0.29) is 5.97 Å². The second kappa shape index (κ2) is 7.23. The first-order valence-corrected chi connectivity index (χ1v) is 6.07. The molecule has 0 aromatic heterocycles. The molecule has 0 aliphatic heterocycles. The molecule has 1 aromatic rings. The summed E-state index contributed by atoms with van der Waals surface area (Å²) in [6.45, 7) is 4.11. The van der Waals surface area contributed by atoms with Gasteiger partial charge in [-0.25, -0.2) is 4.79 Å². The lowest BCUT2D eigenvalue weighted by Crippen LogP contribution is -2.06. The maximum atomic E-state index is 11.5. The van der Waals surface area contributed by atoms with Gasteiger partial charge in [-0.2, -0.15) is 0 Å². The van der Waals surface area contributed by atoms with Crippen molar-refractivity contribution in [3.8, 4) is 0 Å². The van der Waals surface area contributed by atoms with Crippen LogP contribution in [0.15, 0.2) is 41.4 Å². The van der Waals surface area contributed by atoms with Crippen molar-refractivity contribution >= 4 is 21.9 Å². The van der Waals surface area contributed by atoms with Crippen LogP contribution in [-0.4, -0.2) is 12.6 Å². The van der Waals surface area contributed by atoms with Gasteiger partial charge >= 0.3 is 5.97 Å². The number of hydrogen-bond donors (Lipinski definition) is 0. The van der Waals surface area contributed by atoms with Gasteiger partial charge in [0.05, 0.1) is 12.2 Å². The van der Waals surface area contributed by atoms with E-state index in [4.69, 9.17) is 4.74 Å². The molecule has 1 aromatic carbocycles. The first kappa shape index (κ1) is 13.0. The summed E-state index contributed by atoms with van der Waals surface area (Å²) < 4.78 is 6.08. The number of hydrogen-bond acceptors (Lipinski definition) is 2. The van der Waals surface area contributed by atoms with Gasteiger partial charge < -0.3 is 4.74 Å². The van der Waals surface area contributed by atoms with Gasteiger partial charge in [-0.05, 0) is 43.5 Å². The zero-order chi connectivity index (χ0) is 11.8. The molecule has 0 heterocycles. The Hall–Kier alpha value is -1.09. The minimum absolute atomic E-state index is 0.258. The van der Waals surface area contributed by atoms with Crippen molar-refractivity contribution in [3.63, 3.8) is 0 Å². The van der Waals surface area contributed by atoms with Gasteiger partial charge in [-0.3, -0.25) is 0 Å². The smallest absolute Gasteiger partial charge is 0.338 e. The Balaban J connectivity index is 2.29. The van der Waals surface area contributed by atoms with Crippen LogP contribution in [0.25, 0.3) is 0 Å². The molecule has 0 N–H and O–H groups in total. The highest BCUT2D eigenvalue weighted by atomic mass is 79.9. The topological polar surface area (TPSA) is 26.3 Å². The maximum Gasteiger partial charge on any atom is 0.338 e. The molecule has 0 atom stereocenters. The zero-order valence-electron chi connectivity index (χ0n) is 9.12. The minimum Gasteiger partial charge on any atom is -0.462 e. The number of esters is 1. The summed E-state index contributed by atoms with van der Waals surface area (Å²) in [5.41, 5.74) is 0.590. The molecule has 0 unspecified atom stereocenters. The second-order valence-electron chi connectivity index (χ2n) is 3.43. The predicted octanol–water partition coefficient (Wildman–Crippen LogP) is 3.96. The third kappa shape index (κ3) is 4.62. The van der Waals surface area contributed by atoms with Crippen LogP contribution in [-0.2, 0) is 4.74 Å². The highest BCUT2D eigenvalue weighted by Gasteiger charge is 2.05. The Morgan fingerprint density at radius 1 is 1.31 bits per heavy atom. The van der Waals surface area contributed by atoms with Crippen molar-refractivity contribution in [2.45, 2.75) is 19.3 Å². The standard InChI is InChI=1S/C13H15BrO2/c1-2-3-4-5-10-16-13(15)11-6-8-12(14)9-7-11/h2,6-9H,1,3-5,10H2. The lowest BCUT2D eigenvalue weighted by molar-refractivity contribution is 0.0498. The van der Waals surface area contributed by atoms with E-state index in [0.29, 0.717) is 12.2 Å². The number of rotatable bonds is 6. The molecule has 1 rings (SSSR count). The minimum atomic E-state index is -0.258. The van der Waals surface area contributed by atoms with E-state index in [1.807, 2.05) is 18.2 Å². The molecular formula is C13H15BrO2. The Morgan fingerprint density at radius 3 is 2.62 bits per heavy atom. The summed E-state index contributed by atoms with van der Waals surface area (Å²) in [7, 11) is 0. The number of carbonyl (C=O) groups excluding carboxylic acids is 1. The second-order valence-corrected chi connectivity index (χ2v) is 4.34. The van der Waals surface area contributed by atoms with Crippen LogP contribution < -0.4 is 0 Å². The summed E-state index contributed by atoms with van der Waals surface area (Å²) in [6, 6.07) is 7.15. The van der Waals surface area contributed by atoms with Crippen LogP contribution in [0.2, 0.25) is 0 Å². The van der Waals surface area contributed by atoms with Gasteiger partial charge in [-0.15, -0.1) is 6.58 Å². The molecule has 0 fully saturated rings. The van der Waals surface area contributed by atoms with Crippen LogP contribution in [0.1, 0.15) is 29.6 Å². The molecule has 0 radical (unpaired) electrons. The third-order valence-corrected chi connectivity index (χ3v) is 2.64. The van der Waals surface area contributed by atoms with Crippen molar-refractivity contribution in [3.05, 3.63) is 47.0 Å². The lowest BCUT2D eigenvalue weighted by Gasteiger charge is -2.04. The predicted molar refractivity (Wildman–Crippen MR) is 68.5 cm³/mol. The molecule has 0 aliphatic rings. The fraction of sp³-hybridized carbons (Fsp3) is 0.308. The summed E-state index contributed by atoms with van der Waals surface area (Å²) in [4.78, 5) is 11.5. The number of benzene rings is 1. The van der Waals surface area contributed by atoms with Crippen molar-refractivity contribution in [2.24, 2.45) is 0 Å². The number of carbonyl (C=O) groups is 1. The lowest BCUT2D eigenvalue weighted by atomic mass is 10.2. The van der Waals surface area contributed by atoms with Crippen LogP contribution in [0.4, 0.5) is 0 Å². The van der Waals surface area contributed by atoms with Crippen molar-refractivity contribution in [1.29, 1.82) is 0 Å². The molecule has 3 heteroatoms. The van der Waals surface area contributed by atoms with E-state index in [2.05, 4.69) is 22.5 Å². The Bertz CT molecular complexity index is 343. The monoisotopic (exact) mass is 282 g/mol. The van der Waals surface area contributed by atoms with Crippen molar-refractivity contribution in [2.75, 3.05) is 6.61 Å². The van der Waals surface area contributed by atoms with Gasteiger partial charge in [0.1, 0.15) is 0 Å². The molecule has 0 spiro atoms. The Labute approximate surface area is 104 Å². The first-order valence-electron chi connectivity index (χ1n) is 5.27. The summed E-state index contributed by atoms with van der Waals surface area (Å²) in [6.07, 6.45) is 4.73. The van der Waals surface area contributed by atoms with Crippen LogP contribution >= 0.6 is 15.9 Å². The van der Waals surface area contributed by atoms with Crippen LogP contribution in [0.3, 0.4) is 0 Å². The summed E-state index contributed by atoms with van der Waals surface area (Å²) in [5.74, 6) is -0.258. The Kier molecular flexibility index (Phi) is 5.86. The average Bonchev–Trinajstić information content (AvgIpc) is 2.29. The first-order chi connectivity index (χ1) is 7.74. The third-order valence-electron chi connectivity index (χ3n) is 2.12. The largest absolute Gasteiger partial charge is 0.462 e. The number of halogens is 1. The van der Waals surface area contributed by atoms with E-state index < -0.39 is 0 Å². The van der Waals surface area contributed by atoms with E-state index in [1.54, 1.807) is 12.1 Å². The fourth-order valence-corrected chi connectivity index (χ4v) is 1.49. The zero-order valence-corrected chi connectivity index (χ0v) is 10.7.